The van der Waals surface area contributed by atoms with Crippen molar-refractivity contribution in [2.75, 3.05) is 7.05 Å². The smallest absolute Gasteiger partial charge is 0.320 e. The van der Waals surface area contributed by atoms with Crippen LogP contribution in [-0.2, 0) is 11.3 Å². The Morgan fingerprint density at radius 1 is 1.55 bits per heavy atom. The van der Waals surface area contributed by atoms with Crippen LogP contribution in [0.15, 0.2) is 34.9 Å². The van der Waals surface area contributed by atoms with Crippen LogP contribution in [0.25, 0.3) is 11.5 Å². The maximum Gasteiger partial charge on any atom is 0.320 e. The zero-order chi connectivity index (χ0) is 14.7. The van der Waals surface area contributed by atoms with Crippen molar-refractivity contribution < 1.29 is 14.3 Å². The van der Waals surface area contributed by atoms with Crippen molar-refractivity contribution >= 4 is 17.6 Å². The Hall–Kier alpha value is -1.85. The Balaban J connectivity index is 2.11. The van der Waals surface area contributed by atoms with Gasteiger partial charge in [0.05, 0.1) is 5.69 Å². The van der Waals surface area contributed by atoms with E-state index < -0.39 is 12.0 Å². The van der Waals surface area contributed by atoms with Crippen LogP contribution in [0.1, 0.15) is 12.6 Å². The first kappa shape index (κ1) is 14.6. The quantitative estimate of drug-likeness (QED) is 0.918. The normalized spacial score (nSPS) is 12.6. The summed E-state index contributed by atoms with van der Waals surface area (Å²) in [5, 5.41) is 9.55. The molecule has 0 amide bonds. The minimum Gasteiger partial charge on any atom is -0.480 e. The zero-order valence-corrected chi connectivity index (χ0v) is 12.0. The molecule has 0 saturated carbocycles. The molecule has 1 aromatic carbocycles. The number of oxazole rings is 1. The molecule has 106 valence electrons. The summed E-state index contributed by atoms with van der Waals surface area (Å²) in [5.74, 6) is -0.398. The second kappa shape index (κ2) is 6.07. The number of likely N-dealkylation sites (N-methyl/N-ethyl adjacent to an activating group) is 1. The molecular formula is C14H15ClN2O3. The minimum atomic E-state index is -0.869. The Morgan fingerprint density at radius 3 is 2.95 bits per heavy atom. The lowest BCUT2D eigenvalue weighted by atomic mass is 10.2. The molecule has 0 aliphatic rings. The largest absolute Gasteiger partial charge is 0.480 e. The van der Waals surface area contributed by atoms with Gasteiger partial charge >= 0.3 is 5.97 Å². The topological polar surface area (TPSA) is 66.6 Å². The molecular weight excluding hydrogens is 280 g/mol. The van der Waals surface area contributed by atoms with Gasteiger partial charge in [0.2, 0.25) is 5.89 Å². The van der Waals surface area contributed by atoms with Gasteiger partial charge in [-0.15, -0.1) is 0 Å². The van der Waals surface area contributed by atoms with E-state index in [2.05, 4.69) is 4.98 Å². The van der Waals surface area contributed by atoms with Crippen molar-refractivity contribution in [1.82, 2.24) is 9.88 Å². The third kappa shape index (κ3) is 3.37. The van der Waals surface area contributed by atoms with E-state index in [0.29, 0.717) is 23.2 Å². The summed E-state index contributed by atoms with van der Waals surface area (Å²) >= 11 is 5.92. The molecule has 1 N–H and O–H groups in total. The van der Waals surface area contributed by atoms with Crippen molar-refractivity contribution in [3.05, 3.63) is 41.2 Å². The van der Waals surface area contributed by atoms with Crippen LogP contribution in [0.4, 0.5) is 0 Å². The first-order valence-electron chi connectivity index (χ1n) is 6.11. The van der Waals surface area contributed by atoms with Crippen molar-refractivity contribution in [3.8, 4) is 11.5 Å². The second-order valence-corrected chi connectivity index (χ2v) is 5.02. The SMILES string of the molecule is C[C@H](C(=O)O)N(C)Cc1coc(-c2cccc(Cl)c2)n1. The van der Waals surface area contributed by atoms with E-state index in [1.54, 1.807) is 31.0 Å². The standard InChI is InChI=1S/C14H15ClN2O3/c1-9(14(18)19)17(2)7-12-8-20-13(16-12)10-4-3-5-11(15)6-10/h3-6,8-9H,7H2,1-2H3,(H,18,19)/t9-/m1/s1. The van der Waals surface area contributed by atoms with Crippen LogP contribution in [0.3, 0.4) is 0 Å². The van der Waals surface area contributed by atoms with E-state index in [9.17, 15) is 4.79 Å². The first-order chi connectivity index (χ1) is 9.47. The fourth-order valence-corrected chi connectivity index (χ4v) is 1.90. The molecule has 1 aromatic heterocycles. The molecule has 0 unspecified atom stereocenters. The molecule has 0 bridgehead atoms. The Kier molecular flexibility index (Phi) is 4.42. The molecule has 0 aliphatic heterocycles. The zero-order valence-electron chi connectivity index (χ0n) is 11.2. The number of aromatic nitrogens is 1. The van der Waals surface area contributed by atoms with Crippen LogP contribution < -0.4 is 0 Å². The van der Waals surface area contributed by atoms with E-state index in [-0.39, 0.29) is 0 Å². The highest BCUT2D eigenvalue weighted by Crippen LogP contribution is 2.22. The summed E-state index contributed by atoms with van der Waals surface area (Å²) in [6.45, 7) is 2.03. The third-order valence-electron chi connectivity index (χ3n) is 3.05. The van der Waals surface area contributed by atoms with Crippen LogP contribution in [0.5, 0.6) is 0 Å². The molecule has 0 fully saturated rings. The van der Waals surface area contributed by atoms with Gasteiger partial charge in [-0.05, 0) is 32.2 Å². The summed E-state index contributed by atoms with van der Waals surface area (Å²) in [7, 11) is 1.73. The minimum absolute atomic E-state index is 0.400. The van der Waals surface area contributed by atoms with Gasteiger partial charge in [0.25, 0.3) is 0 Å². The average Bonchev–Trinajstić information content (AvgIpc) is 2.86. The first-order valence-corrected chi connectivity index (χ1v) is 6.48. The molecule has 2 rings (SSSR count). The fraction of sp³-hybridized carbons (Fsp3) is 0.286. The molecule has 0 radical (unpaired) electrons. The number of hydrogen-bond acceptors (Lipinski definition) is 4. The van der Waals surface area contributed by atoms with Crippen molar-refractivity contribution in [2.24, 2.45) is 0 Å². The van der Waals surface area contributed by atoms with E-state index in [1.165, 1.54) is 6.26 Å². The average molecular weight is 295 g/mol. The fourth-order valence-electron chi connectivity index (χ4n) is 1.71. The van der Waals surface area contributed by atoms with Crippen LogP contribution >= 0.6 is 11.6 Å². The summed E-state index contributed by atoms with van der Waals surface area (Å²) in [4.78, 5) is 16.9. The van der Waals surface area contributed by atoms with Crippen LogP contribution in [0, 0.1) is 0 Å². The molecule has 0 saturated heterocycles. The van der Waals surface area contributed by atoms with Gasteiger partial charge < -0.3 is 9.52 Å². The van der Waals surface area contributed by atoms with E-state index in [4.69, 9.17) is 21.1 Å². The molecule has 0 spiro atoms. The lowest BCUT2D eigenvalue weighted by Crippen LogP contribution is -2.35. The number of benzene rings is 1. The lowest BCUT2D eigenvalue weighted by Gasteiger charge is -2.19. The number of rotatable bonds is 5. The Labute approximate surface area is 121 Å². The predicted octanol–water partition coefficient (Wildman–Crippen LogP) is 2.90. The molecule has 6 heteroatoms. The number of carbonyl (C=O) groups is 1. The second-order valence-electron chi connectivity index (χ2n) is 4.58. The van der Waals surface area contributed by atoms with Gasteiger partial charge in [0.15, 0.2) is 0 Å². The van der Waals surface area contributed by atoms with Crippen molar-refractivity contribution in [1.29, 1.82) is 0 Å². The lowest BCUT2D eigenvalue weighted by molar-refractivity contribution is -0.142. The Bertz CT molecular complexity index is 612. The van der Waals surface area contributed by atoms with Gasteiger partial charge in [-0.1, -0.05) is 17.7 Å². The molecule has 5 nitrogen and oxygen atoms in total. The summed E-state index contributed by atoms with van der Waals surface area (Å²) in [5.41, 5.74) is 1.47. The van der Waals surface area contributed by atoms with Crippen molar-refractivity contribution in [2.45, 2.75) is 19.5 Å². The summed E-state index contributed by atoms with van der Waals surface area (Å²) in [6.07, 6.45) is 1.53. The van der Waals surface area contributed by atoms with E-state index in [0.717, 1.165) is 5.56 Å². The van der Waals surface area contributed by atoms with Gasteiger partial charge in [0.1, 0.15) is 12.3 Å². The summed E-state index contributed by atoms with van der Waals surface area (Å²) in [6, 6.07) is 6.63. The summed E-state index contributed by atoms with van der Waals surface area (Å²) < 4.78 is 5.40. The third-order valence-corrected chi connectivity index (χ3v) is 3.29. The van der Waals surface area contributed by atoms with Gasteiger partial charge in [0, 0.05) is 17.1 Å². The molecule has 2 aromatic rings. The number of halogens is 1. The number of hydrogen-bond donors (Lipinski definition) is 1. The highest BCUT2D eigenvalue weighted by molar-refractivity contribution is 6.30. The maximum atomic E-state index is 10.9. The van der Waals surface area contributed by atoms with Gasteiger partial charge in [-0.3, -0.25) is 9.69 Å². The number of aliphatic carboxylic acids is 1. The number of nitrogens with zero attached hydrogens (tertiary/aromatic N) is 2. The van der Waals surface area contributed by atoms with Crippen LogP contribution in [-0.4, -0.2) is 34.0 Å². The van der Waals surface area contributed by atoms with Crippen LogP contribution in [0.2, 0.25) is 5.02 Å². The highest BCUT2D eigenvalue weighted by Gasteiger charge is 2.18. The van der Waals surface area contributed by atoms with Crippen molar-refractivity contribution in [3.63, 3.8) is 0 Å². The van der Waals surface area contributed by atoms with Gasteiger partial charge in [-0.2, -0.15) is 0 Å². The highest BCUT2D eigenvalue weighted by atomic mass is 35.5. The molecule has 0 aliphatic carbocycles. The molecule has 1 heterocycles. The van der Waals surface area contributed by atoms with E-state index in [1.807, 2.05) is 12.1 Å². The van der Waals surface area contributed by atoms with Gasteiger partial charge in [-0.25, -0.2) is 4.98 Å². The Morgan fingerprint density at radius 2 is 2.30 bits per heavy atom. The van der Waals surface area contributed by atoms with E-state index >= 15 is 0 Å². The molecule has 20 heavy (non-hydrogen) atoms. The number of carboxylic acid groups (broad SMARTS) is 1. The monoisotopic (exact) mass is 294 g/mol. The molecule has 1 atom stereocenters. The number of carboxylic acids is 1. The maximum absolute atomic E-state index is 10.9. The predicted molar refractivity (Wildman–Crippen MR) is 75.5 cm³/mol.